The highest BCUT2D eigenvalue weighted by atomic mass is 35.5. The van der Waals surface area contributed by atoms with E-state index < -0.39 is 17.2 Å². The number of fused-ring (bicyclic) bond motifs is 1. The number of hydrogen-bond donors (Lipinski definition) is 1. The Morgan fingerprint density at radius 2 is 1.58 bits per heavy atom. The predicted octanol–water partition coefficient (Wildman–Crippen LogP) is 3.53. The lowest BCUT2D eigenvalue weighted by molar-refractivity contribution is -0.116. The number of carbonyl (C=O) groups excluding carboxylic acids is 1. The zero-order valence-electron chi connectivity index (χ0n) is 19.9. The molecule has 1 heterocycles. The fraction of sp³-hybridized carbons (Fsp3) is 0.192. The van der Waals surface area contributed by atoms with Crippen molar-refractivity contribution >= 4 is 34.1 Å². The molecule has 0 atom stereocenters. The molecule has 0 aliphatic carbocycles. The highest BCUT2D eigenvalue weighted by Crippen LogP contribution is 2.39. The van der Waals surface area contributed by atoms with Crippen LogP contribution in [-0.4, -0.2) is 36.4 Å². The lowest BCUT2D eigenvalue weighted by atomic mass is 10.2. The Bertz CT molecular complexity index is 1530. The number of rotatable bonds is 8. The van der Waals surface area contributed by atoms with Crippen molar-refractivity contribution in [2.45, 2.75) is 13.1 Å². The summed E-state index contributed by atoms with van der Waals surface area (Å²) in [4.78, 5) is 39.6. The maximum absolute atomic E-state index is 13.4. The molecule has 0 saturated carbocycles. The summed E-state index contributed by atoms with van der Waals surface area (Å²) in [6, 6.07) is 16.7. The number of hydrogen-bond acceptors (Lipinski definition) is 6. The van der Waals surface area contributed by atoms with Crippen molar-refractivity contribution in [1.29, 1.82) is 0 Å². The molecule has 0 aliphatic heterocycles. The number of para-hydroxylation sites is 1. The summed E-state index contributed by atoms with van der Waals surface area (Å²) in [6.45, 7) is -0.316. The number of benzene rings is 3. The van der Waals surface area contributed by atoms with Crippen LogP contribution in [0.15, 0.2) is 70.3 Å². The molecule has 0 saturated heterocycles. The molecule has 0 radical (unpaired) electrons. The molecule has 3 aromatic carbocycles. The Hall–Kier alpha value is -4.24. The summed E-state index contributed by atoms with van der Waals surface area (Å²) in [5, 5.41) is 3.57. The lowest BCUT2D eigenvalue weighted by Crippen LogP contribution is -2.42. The Kier molecular flexibility index (Phi) is 7.30. The maximum atomic E-state index is 13.4. The zero-order chi connectivity index (χ0) is 25.8. The van der Waals surface area contributed by atoms with Crippen molar-refractivity contribution in [1.82, 2.24) is 9.13 Å². The first-order valence-electron chi connectivity index (χ1n) is 10.9. The summed E-state index contributed by atoms with van der Waals surface area (Å²) < 4.78 is 18.3. The van der Waals surface area contributed by atoms with Gasteiger partial charge in [0.15, 0.2) is 11.5 Å². The van der Waals surface area contributed by atoms with Crippen LogP contribution in [0.4, 0.5) is 5.69 Å². The van der Waals surface area contributed by atoms with Gasteiger partial charge in [0.25, 0.3) is 5.56 Å². The molecule has 4 aromatic rings. The molecule has 1 aromatic heterocycles. The number of carbonyl (C=O) groups is 1. The summed E-state index contributed by atoms with van der Waals surface area (Å²) in [7, 11) is 4.42. The van der Waals surface area contributed by atoms with E-state index in [2.05, 4.69) is 5.32 Å². The van der Waals surface area contributed by atoms with Crippen LogP contribution >= 0.6 is 11.6 Å². The third kappa shape index (κ3) is 4.92. The van der Waals surface area contributed by atoms with Crippen molar-refractivity contribution in [3.8, 4) is 17.2 Å². The third-order valence-electron chi connectivity index (χ3n) is 5.61. The largest absolute Gasteiger partial charge is 0.493 e. The molecule has 0 aliphatic rings. The number of methoxy groups -OCH3 is 3. The molecule has 0 fully saturated rings. The highest BCUT2D eigenvalue weighted by molar-refractivity contribution is 6.30. The molecule has 186 valence electrons. The van der Waals surface area contributed by atoms with Crippen molar-refractivity contribution in [3.63, 3.8) is 0 Å². The van der Waals surface area contributed by atoms with E-state index in [9.17, 15) is 14.4 Å². The summed E-state index contributed by atoms with van der Waals surface area (Å²) in [5.74, 6) is 0.632. The summed E-state index contributed by atoms with van der Waals surface area (Å²) in [6.07, 6.45) is 0. The molecular formula is C26H24ClN3O6. The van der Waals surface area contributed by atoms with Crippen molar-refractivity contribution in [2.24, 2.45) is 0 Å². The molecule has 36 heavy (non-hydrogen) atoms. The third-order valence-corrected chi connectivity index (χ3v) is 5.85. The molecule has 1 amide bonds. The van der Waals surface area contributed by atoms with Crippen LogP contribution in [0, 0.1) is 0 Å². The average molecular weight is 510 g/mol. The molecule has 0 bridgehead atoms. The Morgan fingerprint density at radius 1 is 0.889 bits per heavy atom. The van der Waals surface area contributed by atoms with Gasteiger partial charge < -0.3 is 19.5 Å². The Labute approximate surface area is 211 Å². The number of nitrogens with one attached hydrogen (secondary N) is 1. The Morgan fingerprint density at radius 3 is 2.22 bits per heavy atom. The van der Waals surface area contributed by atoms with Crippen LogP contribution in [0.2, 0.25) is 5.02 Å². The van der Waals surface area contributed by atoms with E-state index in [1.165, 1.54) is 25.9 Å². The fourth-order valence-electron chi connectivity index (χ4n) is 3.98. The first-order valence-corrected chi connectivity index (χ1v) is 11.3. The standard InChI is InChI=1S/C26H24ClN3O6/c1-34-21-12-18(13-22(35-2)24(21)36-3)28-23(31)15-29-20-10-5-4-9-19(20)25(32)30(26(29)33)14-16-7-6-8-17(27)11-16/h4-13H,14-15H2,1-3H3,(H,28,31). The second kappa shape index (κ2) is 10.6. The highest BCUT2D eigenvalue weighted by Gasteiger charge is 2.18. The number of amides is 1. The first kappa shape index (κ1) is 24.9. The number of ether oxygens (including phenoxy) is 3. The van der Waals surface area contributed by atoms with Gasteiger partial charge in [-0.3, -0.25) is 18.7 Å². The van der Waals surface area contributed by atoms with Gasteiger partial charge in [-0.15, -0.1) is 0 Å². The topological polar surface area (TPSA) is 101 Å². The van der Waals surface area contributed by atoms with Crippen LogP contribution in [-0.2, 0) is 17.9 Å². The van der Waals surface area contributed by atoms with Gasteiger partial charge in [-0.1, -0.05) is 35.9 Å². The Balaban J connectivity index is 1.73. The minimum atomic E-state index is -0.612. The van der Waals surface area contributed by atoms with Crippen LogP contribution in [0.25, 0.3) is 10.9 Å². The van der Waals surface area contributed by atoms with E-state index in [1.54, 1.807) is 60.7 Å². The summed E-state index contributed by atoms with van der Waals surface area (Å²) >= 11 is 6.08. The molecule has 4 rings (SSSR count). The van der Waals surface area contributed by atoms with Crippen LogP contribution < -0.4 is 30.8 Å². The summed E-state index contributed by atoms with van der Waals surface area (Å²) in [5.41, 5.74) is 0.370. The zero-order valence-corrected chi connectivity index (χ0v) is 20.7. The van der Waals surface area contributed by atoms with Gasteiger partial charge in [-0.05, 0) is 29.8 Å². The van der Waals surface area contributed by atoms with E-state index in [-0.39, 0.29) is 13.1 Å². The second-order valence-electron chi connectivity index (χ2n) is 7.87. The van der Waals surface area contributed by atoms with Crippen LogP contribution in [0.5, 0.6) is 17.2 Å². The normalized spacial score (nSPS) is 10.8. The van der Waals surface area contributed by atoms with E-state index in [1.807, 2.05) is 0 Å². The van der Waals surface area contributed by atoms with E-state index >= 15 is 0 Å². The monoisotopic (exact) mass is 509 g/mol. The van der Waals surface area contributed by atoms with Gasteiger partial charge in [0.1, 0.15) is 6.54 Å². The smallest absolute Gasteiger partial charge is 0.332 e. The molecular weight excluding hydrogens is 486 g/mol. The molecule has 1 N–H and O–H groups in total. The van der Waals surface area contributed by atoms with Gasteiger partial charge >= 0.3 is 5.69 Å². The van der Waals surface area contributed by atoms with Gasteiger partial charge in [-0.2, -0.15) is 0 Å². The molecule has 9 nitrogen and oxygen atoms in total. The second-order valence-corrected chi connectivity index (χ2v) is 8.31. The molecule has 0 spiro atoms. The fourth-order valence-corrected chi connectivity index (χ4v) is 4.19. The van der Waals surface area contributed by atoms with Gasteiger partial charge in [0, 0.05) is 22.8 Å². The van der Waals surface area contributed by atoms with E-state index in [0.29, 0.717) is 44.4 Å². The SMILES string of the molecule is COc1cc(NC(=O)Cn2c(=O)n(Cc3cccc(Cl)c3)c(=O)c3ccccc32)cc(OC)c1OC. The van der Waals surface area contributed by atoms with Crippen molar-refractivity contribution in [2.75, 3.05) is 26.6 Å². The van der Waals surface area contributed by atoms with E-state index in [0.717, 1.165) is 4.57 Å². The maximum Gasteiger partial charge on any atom is 0.332 e. The van der Waals surface area contributed by atoms with Gasteiger partial charge in [0.05, 0.1) is 38.8 Å². The average Bonchev–Trinajstić information content (AvgIpc) is 2.88. The number of aromatic nitrogens is 2. The van der Waals surface area contributed by atoms with Crippen LogP contribution in [0.1, 0.15) is 5.56 Å². The van der Waals surface area contributed by atoms with Gasteiger partial charge in [-0.25, -0.2) is 4.79 Å². The predicted molar refractivity (Wildman–Crippen MR) is 138 cm³/mol. The van der Waals surface area contributed by atoms with Crippen LogP contribution in [0.3, 0.4) is 0 Å². The number of nitrogens with zero attached hydrogens (tertiary/aromatic N) is 2. The molecule has 0 unspecified atom stereocenters. The van der Waals surface area contributed by atoms with Crippen molar-refractivity contribution in [3.05, 3.63) is 92.1 Å². The van der Waals surface area contributed by atoms with E-state index in [4.69, 9.17) is 25.8 Å². The van der Waals surface area contributed by atoms with Gasteiger partial charge in [0.2, 0.25) is 11.7 Å². The first-order chi connectivity index (χ1) is 17.4. The van der Waals surface area contributed by atoms with Crippen molar-refractivity contribution < 1.29 is 19.0 Å². The lowest BCUT2D eigenvalue weighted by Gasteiger charge is -2.16. The minimum Gasteiger partial charge on any atom is -0.493 e. The number of halogens is 1. The quantitative estimate of drug-likeness (QED) is 0.390. The molecule has 10 heteroatoms. The minimum absolute atomic E-state index is 0.0115. The number of anilines is 1.